The number of sulfone groups is 1. The van der Waals surface area contributed by atoms with Crippen LogP contribution in [0.15, 0.2) is 52.3 Å². The Bertz CT molecular complexity index is 937. The minimum Gasteiger partial charge on any atom is -0.507 e. The second kappa shape index (κ2) is 7.76. The molecule has 0 heterocycles. The number of nitriles is 1. The van der Waals surface area contributed by atoms with Gasteiger partial charge in [0.1, 0.15) is 16.7 Å². The van der Waals surface area contributed by atoms with Gasteiger partial charge in [0.25, 0.3) is 0 Å². The van der Waals surface area contributed by atoms with Crippen LogP contribution in [0, 0.1) is 11.3 Å². The topological polar surface area (TPSA) is 78.2 Å². The van der Waals surface area contributed by atoms with E-state index in [1.807, 2.05) is 33.8 Å². The predicted octanol–water partition coefficient (Wildman–Crippen LogP) is 4.98. The highest BCUT2D eigenvalue weighted by Gasteiger charge is 2.21. The first kappa shape index (κ1) is 19.7. The first-order valence-corrected chi connectivity index (χ1v) is 9.95. The van der Waals surface area contributed by atoms with Crippen molar-refractivity contribution in [2.45, 2.75) is 44.4 Å². The van der Waals surface area contributed by atoms with Gasteiger partial charge in [-0.15, -0.1) is 0 Å². The fourth-order valence-electron chi connectivity index (χ4n) is 2.72. The molecule has 0 atom stereocenters. The minimum absolute atomic E-state index is 0.0668. The smallest absolute Gasteiger partial charge is 0.216 e. The van der Waals surface area contributed by atoms with E-state index in [-0.39, 0.29) is 27.4 Å². The van der Waals surface area contributed by atoms with Crippen molar-refractivity contribution in [3.63, 3.8) is 0 Å². The Labute approximate surface area is 155 Å². The van der Waals surface area contributed by atoms with Gasteiger partial charge in [-0.3, -0.25) is 0 Å². The zero-order valence-corrected chi connectivity index (χ0v) is 16.2. The lowest BCUT2D eigenvalue weighted by atomic mass is 9.91. The summed E-state index contributed by atoms with van der Waals surface area (Å²) in [4.78, 5) is -0.237. The molecule has 0 aliphatic carbocycles. The number of phenolic OH excluding ortho intramolecular Hbond substituents is 1. The number of phenols is 1. The van der Waals surface area contributed by atoms with Gasteiger partial charge in [0.15, 0.2) is 0 Å². The average molecular weight is 369 g/mol. The van der Waals surface area contributed by atoms with Crippen LogP contribution in [0.3, 0.4) is 0 Å². The summed E-state index contributed by atoms with van der Waals surface area (Å²) < 4.78 is 25.5. The maximum absolute atomic E-state index is 12.7. The number of rotatable bonds is 5. The van der Waals surface area contributed by atoms with Gasteiger partial charge in [0.05, 0.1) is 4.90 Å². The van der Waals surface area contributed by atoms with Crippen LogP contribution in [-0.2, 0) is 9.84 Å². The van der Waals surface area contributed by atoms with Crippen LogP contribution in [0.5, 0.6) is 5.75 Å². The molecule has 0 aliphatic heterocycles. The number of benzene rings is 2. The van der Waals surface area contributed by atoms with Crippen LogP contribution in [0.2, 0.25) is 0 Å². The van der Waals surface area contributed by atoms with E-state index in [0.29, 0.717) is 5.56 Å². The Morgan fingerprint density at radius 2 is 1.54 bits per heavy atom. The Hall–Kier alpha value is -2.58. The van der Waals surface area contributed by atoms with Crippen molar-refractivity contribution in [1.29, 1.82) is 5.26 Å². The molecular weight excluding hydrogens is 346 g/mol. The number of nitrogens with zero attached hydrogens (tertiary/aromatic N) is 1. The fourth-order valence-corrected chi connectivity index (χ4v) is 3.90. The summed E-state index contributed by atoms with van der Waals surface area (Å²) in [7, 11) is -3.89. The average Bonchev–Trinajstić information content (AvgIpc) is 2.60. The maximum Gasteiger partial charge on any atom is 0.216 e. The van der Waals surface area contributed by atoms with Crippen LogP contribution < -0.4 is 0 Å². The van der Waals surface area contributed by atoms with E-state index in [0.717, 1.165) is 11.1 Å². The van der Waals surface area contributed by atoms with E-state index in [1.54, 1.807) is 30.3 Å². The number of allylic oxidation sites excluding steroid dienone is 1. The second-order valence-corrected chi connectivity index (χ2v) is 8.71. The van der Waals surface area contributed by atoms with Crippen LogP contribution in [0.4, 0.5) is 0 Å². The molecule has 4 nitrogen and oxygen atoms in total. The van der Waals surface area contributed by atoms with E-state index in [2.05, 4.69) is 0 Å². The lowest BCUT2D eigenvalue weighted by Crippen LogP contribution is -2.04. The number of hydrogen-bond acceptors (Lipinski definition) is 4. The van der Waals surface area contributed by atoms with Gasteiger partial charge in [-0.1, -0.05) is 45.9 Å². The fraction of sp³-hybridized carbons (Fsp3) is 0.286. The molecule has 0 fully saturated rings. The maximum atomic E-state index is 12.7. The van der Waals surface area contributed by atoms with E-state index in [4.69, 9.17) is 0 Å². The molecule has 0 spiro atoms. The standard InChI is InChI=1S/C21H23NO3S/c1-14(2)19-11-16(12-20(15(3)4)21(19)23)10-18(13-22)26(24,25)17-8-6-5-7-9-17/h5-12,14-15,23H,1-4H3/b18-10-. The molecule has 2 aromatic carbocycles. The van der Waals surface area contributed by atoms with Gasteiger partial charge in [0, 0.05) is 0 Å². The van der Waals surface area contributed by atoms with Crippen molar-refractivity contribution in [2.24, 2.45) is 0 Å². The van der Waals surface area contributed by atoms with Crippen molar-refractivity contribution in [3.8, 4) is 11.8 Å². The predicted molar refractivity (Wildman–Crippen MR) is 104 cm³/mol. The summed E-state index contributed by atoms with van der Waals surface area (Å²) in [6.45, 7) is 7.83. The SMILES string of the molecule is CC(C)c1cc(/C=C(/C#N)S(=O)(=O)c2ccccc2)cc(C(C)C)c1O. The Morgan fingerprint density at radius 1 is 1.04 bits per heavy atom. The van der Waals surface area contributed by atoms with Crippen molar-refractivity contribution >= 4 is 15.9 Å². The minimum atomic E-state index is -3.89. The Balaban J connectivity index is 2.65. The quantitative estimate of drug-likeness (QED) is 0.754. The first-order valence-electron chi connectivity index (χ1n) is 8.47. The van der Waals surface area contributed by atoms with Gasteiger partial charge in [-0.2, -0.15) is 5.26 Å². The molecule has 0 saturated heterocycles. The van der Waals surface area contributed by atoms with Crippen LogP contribution in [0.25, 0.3) is 6.08 Å². The molecule has 2 aromatic rings. The monoisotopic (exact) mass is 369 g/mol. The van der Waals surface area contributed by atoms with Crippen molar-refractivity contribution in [3.05, 3.63) is 64.1 Å². The first-order chi connectivity index (χ1) is 12.2. The van der Waals surface area contributed by atoms with Crippen LogP contribution >= 0.6 is 0 Å². The highest BCUT2D eigenvalue weighted by molar-refractivity contribution is 7.95. The lowest BCUT2D eigenvalue weighted by Gasteiger charge is -2.16. The summed E-state index contributed by atoms with van der Waals surface area (Å²) in [6, 6.07) is 13.2. The molecule has 5 heteroatoms. The summed E-state index contributed by atoms with van der Waals surface area (Å²) >= 11 is 0. The largest absolute Gasteiger partial charge is 0.507 e. The van der Waals surface area contributed by atoms with Crippen molar-refractivity contribution in [2.75, 3.05) is 0 Å². The molecule has 0 aliphatic rings. The van der Waals surface area contributed by atoms with Gasteiger partial charge < -0.3 is 5.11 Å². The summed E-state index contributed by atoms with van der Waals surface area (Å²) in [5, 5.41) is 19.9. The zero-order valence-electron chi connectivity index (χ0n) is 15.4. The molecule has 0 bridgehead atoms. The highest BCUT2D eigenvalue weighted by Crippen LogP contribution is 2.35. The molecule has 136 valence electrons. The summed E-state index contributed by atoms with van der Waals surface area (Å²) in [5.74, 6) is 0.366. The third-order valence-corrected chi connectivity index (χ3v) is 5.87. The van der Waals surface area contributed by atoms with Crippen molar-refractivity contribution < 1.29 is 13.5 Å². The molecular formula is C21H23NO3S. The molecule has 2 rings (SSSR count). The number of hydrogen-bond donors (Lipinski definition) is 1. The van der Waals surface area contributed by atoms with Gasteiger partial charge in [0.2, 0.25) is 9.84 Å². The molecule has 0 radical (unpaired) electrons. The third-order valence-electron chi connectivity index (χ3n) is 4.19. The van der Waals surface area contributed by atoms with Gasteiger partial charge in [-0.25, -0.2) is 8.42 Å². The van der Waals surface area contributed by atoms with E-state index in [1.165, 1.54) is 18.2 Å². The number of aromatic hydroxyl groups is 1. The summed E-state index contributed by atoms with van der Waals surface area (Å²) in [5.41, 5.74) is 2.06. The Morgan fingerprint density at radius 3 is 1.96 bits per heavy atom. The van der Waals surface area contributed by atoms with Crippen LogP contribution in [0.1, 0.15) is 56.2 Å². The highest BCUT2D eigenvalue weighted by atomic mass is 32.2. The lowest BCUT2D eigenvalue weighted by molar-refractivity contribution is 0.454. The molecule has 26 heavy (non-hydrogen) atoms. The summed E-state index contributed by atoms with van der Waals surface area (Å²) in [6.07, 6.45) is 1.37. The van der Waals surface area contributed by atoms with Gasteiger partial charge >= 0.3 is 0 Å². The second-order valence-electron chi connectivity index (χ2n) is 6.79. The Kier molecular flexibility index (Phi) is 5.89. The van der Waals surface area contributed by atoms with Crippen LogP contribution in [-0.4, -0.2) is 13.5 Å². The molecule has 0 aromatic heterocycles. The van der Waals surface area contributed by atoms with E-state index < -0.39 is 9.84 Å². The third kappa shape index (κ3) is 3.97. The van der Waals surface area contributed by atoms with E-state index in [9.17, 15) is 18.8 Å². The van der Waals surface area contributed by atoms with Gasteiger partial charge in [-0.05, 0) is 58.9 Å². The molecule has 0 unspecified atom stereocenters. The molecule has 0 saturated carbocycles. The molecule has 0 amide bonds. The normalized spacial score (nSPS) is 12.4. The molecule has 1 N–H and O–H groups in total. The zero-order chi connectivity index (χ0) is 19.5. The van der Waals surface area contributed by atoms with E-state index >= 15 is 0 Å². The van der Waals surface area contributed by atoms with Crippen molar-refractivity contribution in [1.82, 2.24) is 0 Å².